The van der Waals surface area contributed by atoms with Crippen molar-refractivity contribution in [2.75, 3.05) is 0 Å². The van der Waals surface area contributed by atoms with Crippen LogP contribution in [-0.4, -0.2) is 6.04 Å². The number of hydrogen-bond donors (Lipinski definition) is 1. The summed E-state index contributed by atoms with van der Waals surface area (Å²) in [6, 6.07) is 0.507. The number of nitrogens with two attached hydrogens (primary N) is 1. The van der Waals surface area contributed by atoms with Gasteiger partial charge in [-0.05, 0) is 79.4 Å². The lowest BCUT2D eigenvalue weighted by Crippen LogP contribution is -2.60. The molecular weight excluding hydrogens is 254 g/mol. The summed E-state index contributed by atoms with van der Waals surface area (Å²) in [4.78, 5) is 0. The lowest BCUT2D eigenvalue weighted by molar-refractivity contribution is -0.125. The van der Waals surface area contributed by atoms with Gasteiger partial charge in [-0.15, -0.1) is 0 Å². The van der Waals surface area contributed by atoms with Crippen molar-refractivity contribution in [3.8, 4) is 0 Å². The van der Waals surface area contributed by atoms with Gasteiger partial charge in [0.1, 0.15) is 0 Å². The topological polar surface area (TPSA) is 26.0 Å². The highest BCUT2D eigenvalue weighted by Crippen LogP contribution is 2.67. The van der Waals surface area contributed by atoms with Gasteiger partial charge in [0.05, 0.1) is 0 Å². The lowest BCUT2D eigenvalue weighted by Gasteiger charge is -2.64. The van der Waals surface area contributed by atoms with Crippen LogP contribution in [0.4, 0.5) is 0 Å². The molecule has 0 aromatic carbocycles. The standard InChI is InChI=1S/C20H35N/c1-3-16-6-4-5-7-17(16)18(21)20-11-14-8-15(12-20)10-19(2,9-14)13-20/h14-18H,3-13,21H2,1-2H3. The second-order valence-electron chi connectivity index (χ2n) is 9.78. The fraction of sp³-hybridized carbons (Fsp3) is 1.00. The second-order valence-corrected chi connectivity index (χ2v) is 9.78. The van der Waals surface area contributed by atoms with Crippen molar-refractivity contribution in [2.24, 2.45) is 40.2 Å². The Bertz CT molecular complexity index is 387. The smallest absolute Gasteiger partial charge is 0.0127 e. The van der Waals surface area contributed by atoms with E-state index in [2.05, 4.69) is 13.8 Å². The Kier molecular flexibility index (Phi) is 3.45. The summed E-state index contributed by atoms with van der Waals surface area (Å²) in [6.07, 6.45) is 16.1. The molecule has 0 saturated heterocycles. The molecule has 5 aliphatic rings. The molecule has 21 heavy (non-hydrogen) atoms. The minimum Gasteiger partial charge on any atom is -0.327 e. The van der Waals surface area contributed by atoms with Crippen molar-refractivity contribution >= 4 is 0 Å². The predicted octanol–water partition coefficient (Wildman–Crippen LogP) is 5.14. The van der Waals surface area contributed by atoms with Crippen LogP contribution in [0.1, 0.15) is 84.5 Å². The van der Waals surface area contributed by atoms with E-state index in [4.69, 9.17) is 5.73 Å². The highest BCUT2D eigenvalue weighted by Gasteiger charge is 2.58. The average Bonchev–Trinajstić information content (AvgIpc) is 2.44. The van der Waals surface area contributed by atoms with Gasteiger partial charge >= 0.3 is 0 Å². The van der Waals surface area contributed by atoms with Crippen LogP contribution in [0.2, 0.25) is 0 Å². The Morgan fingerprint density at radius 1 is 1.05 bits per heavy atom. The summed E-state index contributed by atoms with van der Waals surface area (Å²) in [5, 5.41) is 0. The molecule has 5 unspecified atom stereocenters. The van der Waals surface area contributed by atoms with Crippen molar-refractivity contribution in [1.29, 1.82) is 0 Å². The molecular formula is C20H35N. The van der Waals surface area contributed by atoms with Gasteiger partial charge in [0.2, 0.25) is 0 Å². The van der Waals surface area contributed by atoms with Crippen LogP contribution in [-0.2, 0) is 0 Å². The van der Waals surface area contributed by atoms with Crippen LogP contribution < -0.4 is 5.73 Å². The average molecular weight is 290 g/mol. The molecule has 120 valence electrons. The fourth-order valence-corrected chi connectivity index (χ4v) is 7.86. The third-order valence-corrected chi connectivity index (χ3v) is 8.06. The van der Waals surface area contributed by atoms with Gasteiger partial charge in [-0.25, -0.2) is 0 Å². The van der Waals surface area contributed by atoms with E-state index in [0.717, 1.165) is 23.7 Å². The van der Waals surface area contributed by atoms with Gasteiger partial charge in [0.25, 0.3) is 0 Å². The molecule has 0 spiro atoms. The highest BCUT2D eigenvalue weighted by molar-refractivity contribution is 5.10. The Balaban J connectivity index is 1.59. The molecule has 5 rings (SSSR count). The van der Waals surface area contributed by atoms with Crippen LogP contribution in [0.5, 0.6) is 0 Å². The Hall–Kier alpha value is -0.0400. The minimum absolute atomic E-state index is 0.507. The van der Waals surface area contributed by atoms with Gasteiger partial charge in [-0.2, -0.15) is 0 Å². The van der Waals surface area contributed by atoms with E-state index in [-0.39, 0.29) is 0 Å². The van der Waals surface area contributed by atoms with Crippen LogP contribution >= 0.6 is 0 Å². The molecule has 5 aliphatic carbocycles. The second kappa shape index (κ2) is 4.98. The molecule has 0 aromatic rings. The summed E-state index contributed by atoms with van der Waals surface area (Å²) in [5.74, 6) is 3.80. The molecule has 0 heterocycles. The summed E-state index contributed by atoms with van der Waals surface area (Å²) >= 11 is 0. The maximum atomic E-state index is 7.07. The van der Waals surface area contributed by atoms with Crippen LogP contribution in [0.3, 0.4) is 0 Å². The van der Waals surface area contributed by atoms with Crippen molar-refractivity contribution in [1.82, 2.24) is 0 Å². The van der Waals surface area contributed by atoms with Crippen LogP contribution in [0.15, 0.2) is 0 Å². The van der Waals surface area contributed by atoms with Gasteiger partial charge in [0, 0.05) is 6.04 Å². The molecule has 5 saturated carbocycles. The van der Waals surface area contributed by atoms with Gasteiger partial charge in [0.15, 0.2) is 0 Å². The van der Waals surface area contributed by atoms with E-state index in [9.17, 15) is 0 Å². The first-order chi connectivity index (χ1) is 10.0. The summed E-state index contributed by atoms with van der Waals surface area (Å²) < 4.78 is 0. The zero-order valence-electron chi connectivity index (χ0n) is 14.2. The first kappa shape index (κ1) is 14.5. The largest absolute Gasteiger partial charge is 0.327 e. The SMILES string of the molecule is CCC1CCCCC1C(N)C12CC3CC(CC(C)(C3)C1)C2. The minimum atomic E-state index is 0.507. The van der Waals surface area contributed by atoms with Crippen LogP contribution in [0, 0.1) is 34.5 Å². The third-order valence-electron chi connectivity index (χ3n) is 8.06. The third kappa shape index (κ3) is 2.30. The summed E-state index contributed by atoms with van der Waals surface area (Å²) in [5.41, 5.74) is 8.26. The van der Waals surface area contributed by atoms with E-state index in [1.165, 1.54) is 70.6 Å². The first-order valence-electron chi connectivity index (χ1n) is 9.79. The monoisotopic (exact) mass is 289 g/mol. The Morgan fingerprint density at radius 2 is 1.71 bits per heavy atom. The summed E-state index contributed by atoms with van der Waals surface area (Å²) in [6.45, 7) is 4.99. The zero-order chi connectivity index (χ0) is 14.7. The molecule has 1 heteroatoms. The van der Waals surface area contributed by atoms with Gasteiger partial charge < -0.3 is 5.73 Å². The molecule has 0 radical (unpaired) electrons. The molecule has 0 amide bonds. The fourth-order valence-electron chi connectivity index (χ4n) is 7.86. The zero-order valence-corrected chi connectivity index (χ0v) is 14.2. The maximum absolute atomic E-state index is 7.07. The van der Waals surface area contributed by atoms with Crippen LogP contribution in [0.25, 0.3) is 0 Å². The number of rotatable bonds is 3. The molecule has 5 fully saturated rings. The van der Waals surface area contributed by atoms with E-state index in [0.29, 0.717) is 16.9 Å². The van der Waals surface area contributed by atoms with E-state index < -0.39 is 0 Å². The number of hydrogen-bond acceptors (Lipinski definition) is 1. The molecule has 4 bridgehead atoms. The lowest BCUT2D eigenvalue weighted by atomic mass is 9.42. The molecule has 5 atom stereocenters. The maximum Gasteiger partial charge on any atom is 0.0127 e. The van der Waals surface area contributed by atoms with Crippen molar-refractivity contribution in [3.63, 3.8) is 0 Å². The Morgan fingerprint density at radius 3 is 2.33 bits per heavy atom. The normalized spacial score (nSPS) is 53.9. The summed E-state index contributed by atoms with van der Waals surface area (Å²) in [7, 11) is 0. The van der Waals surface area contributed by atoms with Crippen molar-refractivity contribution in [3.05, 3.63) is 0 Å². The van der Waals surface area contributed by atoms with E-state index >= 15 is 0 Å². The van der Waals surface area contributed by atoms with E-state index in [1.807, 2.05) is 0 Å². The first-order valence-corrected chi connectivity index (χ1v) is 9.79. The highest BCUT2D eigenvalue weighted by atomic mass is 14.8. The molecule has 1 nitrogen and oxygen atoms in total. The van der Waals surface area contributed by atoms with Gasteiger partial charge in [-0.3, -0.25) is 0 Å². The van der Waals surface area contributed by atoms with Crippen molar-refractivity contribution < 1.29 is 0 Å². The quantitative estimate of drug-likeness (QED) is 0.765. The van der Waals surface area contributed by atoms with Gasteiger partial charge in [-0.1, -0.05) is 39.5 Å². The van der Waals surface area contributed by atoms with E-state index in [1.54, 1.807) is 0 Å². The Labute approximate surface area is 131 Å². The molecule has 0 aliphatic heterocycles. The predicted molar refractivity (Wildman–Crippen MR) is 88.9 cm³/mol. The molecule has 0 aromatic heterocycles. The van der Waals surface area contributed by atoms with Crippen molar-refractivity contribution in [2.45, 2.75) is 90.5 Å². The molecule has 2 N–H and O–H groups in total.